The molecule has 180 valence electrons. The number of aryl methyl sites for hydroxylation is 1. The van der Waals surface area contributed by atoms with Crippen molar-refractivity contribution in [2.24, 2.45) is 5.92 Å². The van der Waals surface area contributed by atoms with Crippen LogP contribution in [0.1, 0.15) is 29.9 Å². The van der Waals surface area contributed by atoms with Crippen LogP contribution in [0.5, 0.6) is 0 Å². The molecule has 1 amide bonds. The Morgan fingerprint density at radius 2 is 2.00 bits per heavy atom. The average molecular weight is 519 g/mol. The summed E-state index contributed by atoms with van der Waals surface area (Å²) in [4.78, 5) is 19.5. The van der Waals surface area contributed by atoms with E-state index in [0.29, 0.717) is 41.4 Å². The number of thioether (sulfide) groups is 1. The molecule has 1 aliphatic heterocycles. The number of carbonyl (C=O) groups is 1. The van der Waals surface area contributed by atoms with Crippen LogP contribution < -0.4 is 5.32 Å². The van der Waals surface area contributed by atoms with E-state index < -0.39 is 0 Å². The molecule has 0 spiro atoms. The quantitative estimate of drug-likeness (QED) is 0.371. The molecule has 0 radical (unpaired) electrons. The molecular formula is C25H28Cl2N4O2S. The number of hydrogen-bond acceptors (Lipinski definition) is 6. The van der Waals surface area contributed by atoms with Crippen LogP contribution in [-0.2, 0) is 17.1 Å². The first-order valence-electron chi connectivity index (χ1n) is 11.4. The van der Waals surface area contributed by atoms with Crippen molar-refractivity contribution in [3.63, 3.8) is 0 Å². The van der Waals surface area contributed by atoms with Crippen molar-refractivity contribution in [1.29, 1.82) is 0 Å². The second-order valence-corrected chi connectivity index (χ2v) is 10.4. The van der Waals surface area contributed by atoms with Crippen molar-refractivity contribution >= 4 is 40.9 Å². The van der Waals surface area contributed by atoms with Gasteiger partial charge in [-0.3, -0.25) is 9.69 Å². The monoisotopic (exact) mass is 518 g/mol. The van der Waals surface area contributed by atoms with Crippen molar-refractivity contribution in [1.82, 2.24) is 20.4 Å². The fourth-order valence-corrected chi connectivity index (χ4v) is 5.69. The van der Waals surface area contributed by atoms with E-state index in [1.807, 2.05) is 49.4 Å². The number of amides is 1. The molecule has 1 saturated heterocycles. The lowest BCUT2D eigenvalue weighted by Gasteiger charge is -2.30. The number of likely N-dealkylation sites (tertiary alicyclic amines) is 1. The van der Waals surface area contributed by atoms with Crippen molar-refractivity contribution in [3.8, 4) is 11.4 Å². The third-order valence-electron chi connectivity index (χ3n) is 5.94. The first kappa shape index (κ1) is 25.0. The predicted octanol–water partition coefficient (Wildman–Crippen LogP) is 5.61. The van der Waals surface area contributed by atoms with Crippen LogP contribution in [0.4, 0.5) is 0 Å². The van der Waals surface area contributed by atoms with Crippen molar-refractivity contribution in [2.45, 2.75) is 32.1 Å². The van der Waals surface area contributed by atoms with E-state index in [-0.39, 0.29) is 11.8 Å². The Kier molecular flexibility index (Phi) is 8.89. The van der Waals surface area contributed by atoms with Gasteiger partial charge in [-0.15, -0.1) is 0 Å². The number of nitrogens with zero attached hydrogens (tertiary/aromatic N) is 3. The van der Waals surface area contributed by atoms with Gasteiger partial charge in [-0.05, 0) is 49.6 Å². The zero-order valence-electron chi connectivity index (χ0n) is 19.1. The Morgan fingerprint density at radius 3 is 2.79 bits per heavy atom. The van der Waals surface area contributed by atoms with Gasteiger partial charge in [0.25, 0.3) is 0 Å². The number of benzene rings is 2. The lowest BCUT2D eigenvalue weighted by atomic mass is 9.97. The summed E-state index contributed by atoms with van der Waals surface area (Å²) in [5.74, 6) is 2.78. The van der Waals surface area contributed by atoms with Gasteiger partial charge in [0.15, 0.2) is 0 Å². The van der Waals surface area contributed by atoms with E-state index in [0.717, 1.165) is 47.6 Å². The van der Waals surface area contributed by atoms with Crippen molar-refractivity contribution in [2.75, 3.05) is 25.4 Å². The molecule has 1 fully saturated rings. The Balaban J connectivity index is 1.21. The highest BCUT2D eigenvalue weighted by Crippen LogP contribution is 2.28. The van der Waals surface area contributed by atoms with Gasteiger partial charge in [0.2, 0.25) is 17.6 Å². The van der Waals surface area contributed by atoms with Crippen LogP contribution in [0, 0.1) is 12.8 Å². The molecule has 6 nitrogen and oxygen atoms in total. The second kappa shape index (κ2) is 12.1. The summed E-state index contributed by atoms with van der Waals surface area (Å²) in [5.41, 5.74) is 3.03. The minimum Gasteiger partial charge on any atom is -0.355 e. The Morgan fingerprint density at radius 1 is 1.21 bits per heavy atom. The van der Waals surface area contributed by atoms with E-state index in [9.17, 15) is 4.79 Å². The van der Waals surface area contributed by atoms with Crippen LogP contribution in [0.25, 0.3) is 11.4 Å². The summed E-state index contributed by atoms with van der Waals surface area (Å²) in [6, 6.07) is 13.5. The molecule has 0 aliphatic carbocycles. The SMILES string of the molecule is Cc1ccccc1-c1noc(CN2CCCC(C(=O)NCCSCc3c(Cl)cccc3Cl)C2)n1. The highest BCUT2D eigenvalue weighted by atomic mass is 35.5. The van der Waals surface area contributed by atoms with Gasteiger partial charge in [0.05, 0.1) is 12.5 Å². The molecular weight excluding hydrogens is 491 g/mol. The van der Waals surface area contributed by atoms with Crippen LogP contribution >= 0.6 is 35.0 Å². The number of carbonyl (C=O) groups excluding carboxylic acids is 1. The summed E-state index contributed by atoms with van der Waals surface area (Å²) in [5, 5.41) is 8.59. The zero-order chi connectivity index (χ0) is 23.9. The number of nitrogens with one attached hydrogen (secondary N) is 1. The molecule has 0 saturated carbocycles. The summed E-state index contributed by atoms with van der Waals surface area (Å²) in [6.45, 7) is 4.81. The fraction of sp³-hybridized carbons (Fsp3) is 0.400. The molecule has 1 aliphatic rings. The van der Waals surface area contributed by atoms with Gasteiger partial charge in [-0.1, -0.05) is 58.7 Å². The standard InChI is InChI=1S/C25H28Cl2N4O2S/c1-17-6-2-3-8-19(17)24-29-23(33-30-24)15-31-12-5-7-18(14-31)25(32)28-11-13-34-16-20-21(26)9-4-10-22(20)27/h2-4,6,8-10,18H,5,7,11-16H2,1H3,(H,28,32). The summed E-state index contributed by atoms with van der Waals surface area (Å²) in [7, 11) is 0. The zero-order valence-corrected chi connectivity index (χ0v) is 21.4. The highest BCUT2D eigenvalue weighted by molar-refractivity contribution is 7.98. The van der Waals surface area contributed by atoms with E-state index in [4.69, 9.17) is 27.7 Å². The molecule has 34 heavy (non-hydrogen) atoms. The van der Waals surface area contributed by atoms with Crippen LogP contribution in [0.15, 0.2) is 47.0 Å². The number of halogens is 2. The molecule has 3 aromatic rings. The number of hydrogen-bond donors (Lipinski definition) is 1. The second-order valence-electron chi connectivity index (χ2n) is 8.44. The molecule has 1 N–H and O–H groups in total. The smallest absolute Gasteiger partial charge is 0.241 e. The predicted molar refractivity (Wildman–Crippen MR) is 138 cm³/mol. The Bertz CT molecular complexity index is 1100. The first-order chi connectivity index (χ1) is 16.5. The normalized spacial score (nSPS) is 16.5. The minimum atomic E-state index is -0.0319. The van der Waals surface area contributed by atoms with Crippen LogP contribution in [0.3, 0.4) is 0 Å². The van der Waals surface area contributed by atoms with Gasteiger partial charge < -0.3 is 9.84 Å². The van der Waals surface area contributed by atoms with E-state index in [1.165, 1.54) is 0 Å². The maximum Gasteiger partial charge on any atom is 0.241 e. The lowest BCUT2D eigenvalue weighted by Crippen LogP contribution is -2.43. The third kappa shape index (κ3) is 6.54. The molecule has 1 aromatic heterocycles. The molecule has 1 atom stereocenters. The van der Waals surface area contributed by atoms with Crippen molar-refractivity contribution in [3.05, 3.63) is 69.5 Å². The molecule has 0 bridgehead atoms. The van der Waals surface area contributed by atoms with Gasteiger partial charge in [0, 0.05) is 40.2 Å². The Labute approximate surface area is 214 Å². The number of piperidine rings is 1. The third-order valence-corrected chi connectivity index (χ3v) is 7.64. The van der Waals surface area contributed by atoms with Crippen LogP contribution in [-0.4, -0.2) is 46.3 Å². The Hall–Kier alpha value is -2.06. The number of aromatic nitrogens is 2. The first-order valence-corrected chi connectivity index (χ1v) is 13.3. The molecule has 2 aromatic carbocycles. The maximum atomic E-state index is 12.7. The highest BCUT2D eigenvalue weighted by Gasteiger charge is 2.26. The lowest BCUT2D eigenvalue weighted by molar-refractivity contribution is -0.126. The minimum absolute atomic E-state index is 0.0319. The summed E-state index contributed by atoms with van der Waals surface area (Å²) >= 11 is 14.1. The van der Waals surface area contributed by atoms with Gasteiger partial charge >= 0.3 is 0 Å². The van der Waals surface area contributed by atoms with Crippen LogP contribution in [0.2, 0.25) is 10.0 Å². The molecule has 2 heterocycles. The summed E-state index contributed by atoms with van der Waals surface area (Å²) < 4.78 is 5.49. The van der Waals surface area contributed by atoms with E-state index in [1.54, 1.807) is 11.8 Å². The average Bonchev–Trinajstić information content (AvgIpc) is 3.29. The summed E-state index contributed by atoms with van der Waals surface area (Å²) in [6.07, 6.45) is 1.86. The number of rotatable bonds is 9. The largest absolute Gasteiger partial charge is 0.355 e. The van der Waals surface area contributed by atoms with Gasteiger partial charge in [-0.2, -0.15) is 16.7 Å². The van der Waals surface area contributed by atoms with Gasteiger partial charge in [-0.25, -0.2) is 0 Å². The maximum absolute atomic E-state index is 12.7. The topological polar surface area (TPSA) is 71.3 Å². The molecule has 1 unspecified atom stereocenters. The van der Waals surface area contributed by atoms with Crippen molar-refractivity contribution < 1.29 is 9.32 Å². The van der Waals surface area contributed by atoms with E-state index in [2.05, 4.69) is 20.4 Å². The molecule has 9 heteroatoms. The van der Waals surface area contributed by atoms with E-state index >= 15 is 0 Å². The molecule has 4 rings (SSSR count). The fourth-order valence-electron chi connectivity index (χ4n) is 4.09. The van der Waals surface area contributed by atoms with Gasteiger partial charge in [0.1, 0.15) is 0 Å².